The van der Waals surface area contributed by atoms with Crippen molar-refractivity contribution in [2.24, 2.45) is 4.99 Å². The quantitative estimate of drug-likeness (QED) is 0.451. The number of nitrogens with zero attached hydrogens (tertiary/aromatic N) is 3. The third kappa shape index (κ3) is 6.30. The number of benzene rings is 2. The molecule has 9 heteroatoms. The van der Waals surface area contributed by atoms with E-state index in [2.05, 4.69) is 4.99 Å². The summed E-state index contributed by atoms with van der Waals surface area (Å²) in [5, 5.41) is 0. The van der Waals surface area contributed by atoms with Crippen LogP contribution < -0.4 is 19.0 Å². The number of carbonyl (C=O) groups is 2. The van der Waals surface area contributed by atoms with Crippen LogP contribution in [-0.4, -0.2) is 56.2 Å². The highest BCUT2D eigenvalue weighted by Crippen LogP contribution is 2.27. The lowest BCUT2D eigenvalue weighted by molar-refractivity contribution is -0.130. The predicted molar refractivity (Wildman–Crippen MR) is 136 cm³/mol. The van der Waals surface area contributed by atoms with Gasteiger partial charge in [0, 0.05) is 29.7 Å². The summed E-state index contributed by atoms with van der Waals surface area (Å²) in [6.07, 6.45) is 0.667. The average molecular weight is 498 g/mol. The summed E-state index contributed by atoms with van der Waals surface area (Å²) in [6.45, 7) is 4.52. The van der Waals surface area contributed by atoms with E-state index in [0.717, 1.165) is 16.1 Å². The van der Waals surface area contributed by atoms with Gasteiger partial charge in [0.2, 0.25) is 5.91 Å². The molecule has 0 saturated heterocycles. The van der Waals surface area contributed by atoms with Crippen LogP contribution in [0, 0.1) is 13.8 Å². The molecule has 2 aromatic carbocycles. The smallest absolute Gasteiger partial charge is 0.279 e. The number of amides is 2. The lowest BCUT2D eigenvalue weighted by atomic mass is 10.1. The molecule has 0 unspecified atom stereocenters. The molecule has 0 aliphatic carbocycles. The Labute approximate surface area is 209 Å². The Kier molecular flexibility index (Phi) is 8.70. The normalized spacial score (nSPS) is 11.3. The second kappa shape index (κ2) is 11.7. The Morgan fingerprint density at radius 1 is 1.00 bits per heavy atom. The minimum atomic E-state index is -0.381. The molecule has 0 atom stereocenters. The second-order valence-electron chi connectivity index (χ2n) is 8.02. The molecule has 0 N–H and O–H groups in total. The number of hydrogen-bond donors (Lipinski definition) is 0. The topological polar surface area (TPSA) is 82.4 Å². The number of hydrogen-bond acceptors (Lipinski definition) is 6. The van der Waals surface area contributed by atoms with Crippen LogP contribution in [0.25, 0.3) is 0 Å². The molecule has 0 bridgehead atoms. The first kappa shape index (κ1) is 26.0. The van der Waals surface area contributed by atoms with Crippen molar-refractivity contribution in [1.29, 1.82) is 0 Å². The van der Waals surface area contributed by atoms with Gasteiger partial charge in [0.05, 0.1) is 21.3 Å². The second-order valence-corrected chi connectivity index (χ2v) is 9.20. The minimum absolute atomic E-state index is 0.0679. The molecule has 2 amide bonds. The van der Waals surface area contributed by atoms with Gasteiger partial charge in [0.25, 0.3) is 5.91 Å². The molecule has 0 saturated carbocycles. The molecule has 0 aliphatic heterocycles. The Morgan fingerprint density at radius 2 is 1.74 bits per heavy atom. The molecule has 1 heterocycles. The van der Waals surface area contributed by atoms with E-state index in [-0.39, 0.29) is 18.4 Å². The fourth-order valence-electron chi connectivity index (χ4n) is 3.49. The number of thiazole rings is 1. The highest BCUT2D eigenvalue weighted by atomic mass is 32.1. The first-order valence-corrected chi connectivity index (χ1v) is 11.9. The summed E-state index contributed by atoms with van der Waals surface area (Å²) in [4.78, 5) is 33.3. The maximum Gasteiger partial charge on any atom is 0.279 e. The number of aryl methyl sites for hydroxylation is 1. The molecule has 3 aromatic rings. The van der Waals surface area contributed by atoms with E-state index in [1.54, 1.807) is 62.1 Å². The van der Waals surface area contributed by atoms with Crippen LogP contribution in [0.15, 0.2) is 47.5 Å². The van der Waals surface area contributed by atoms with Crippen LogP contribution in [0.5, 0.6) is 17.2 Å². The van der Waals surface area contributed by atoms with Gasteiger partial charge in [-0.25, -0.2) is 0 Å². The molecular formula is C26H31N3O5S. The van der Waals surface area contributed by atoms with Crippen LogP contribution in [-0.2, 0) is 17.8 Å². The first-order chi connectivity index (χ1) is 16.8. The van der Waals surface area contributed by atoms with Gasteiger partial charge in [-0.2, -0.15) is 4.99 Å². The number of carbonyl (C=O) groups excluding carboxylic acids is 2. The Morgan fingerprint density at radius 3 is 2.43 bits per heavy atom. The Hall–Kier alpha value is -3.59. The Bertz CT molecular complexity index is 1280. The van der Waals surface area contributed by atoms with Crippen molar-refractivity contribution in [2.75, 3.05) is 34.9 Å². The molecular weight excluding hydrogens is 466 g/mol. The molecule has 0 radical (unpaired) electrons. The van der Waals surface area contributed by atoms with E-state index < -0.39 is 0 Å². The fraction of sp³-hybridized carbons (Fsp3) is 0.346. The standard InChI is InChI=1S/C26H31N3O5S/c1-17-18(2)35-26(27-25(31)20-8-7-9-21(15-20)32-4)29(17)16-24(30)28(3)13-12-19-10-11-22(33-5)23(14-19)34-6/h7-11,14-15H,12-13,16H2,1-6H3. The molecule has 0 spiro atoms. The zero-order valence-electron chi connectivity index (χ0n) is 21.0. The van der Waals surface area contributed by atoms with Crippen LogP contribution >= 0.6 is 11.3 Å². The largest absolute Gasteiger partial charge is 0.497 e. The van der Waals surface area contributed by atoms with Crippen molar-refractivity contribution in [3.05, 3.63) is 69.0 Å². The van der Waals surface area contributed by atoms with Crippen LogP contribution in [0.4, 0.5) is 0 Å². The molecule has 186 valence electrons. The molecule has 8 nitrogen and oxygen atoms in total. The third-order valence-corrected chi connectivity index (χ3v) is 6.90. The monoisotopic (exact) mass is 497 g/mol. The lowest BCUT2D eigenvalue weighted by Crippen LogP contribution is -2.34. The fourth-order valence-corrected chi connectivity index (χ4v) is 4.46. The Balaban J connectivity index is 1.74. The van der Waals surface area contributed by atoms with Gasteiger partial charge in [-0.05, 0) is 56.2 Å². The van der Waals surface area contributed by atoms with Gasteiger partial charge < -0.3 is 23.7 Å². The summed E-state index contributed by atoms with van der Waals surface area (Å²) >= 11 is 1.39. The molecule has 0 fully saturated rings. The lowest BCUT2D eigenvalue weighted by Gasteiger charge is -2.18. The van der Waals surface area contributed by atoms with Crippen LogP contribution in [0.2, 0.25) is 0 Å². The van der Waals surface area contributed by atoms with Gasteiger partial charge in [-0.1, -0.05) is 12.1 Å². The zero-order chi connectivity index (χ0) is 25.5. The number of methoxy groups -OCH3 is 3. The maximum atomic E-state index is 13.0. The van der Waals surface area contributed by atoms with Gasteiger partial charge in [-0.15, -0.1) is 11.3 Å². The number of likely N-dealkylation sites (N-methyl/N-ethyl adjacent to an activating group) is 1. The van der Waals surface area contributed by atoms with Gasteiger partial charge in [-0.3, -0.25) is 9.59 Å². The summed E-state index contributed by atoms with van der Waals surface area (Å²) in [5.41, 5.74) is 2.38. The van der Waals surface area contributed by atoms with Crippen molar-refractivity contribution in [1.82, 2.24) is 9.47 Å². The summed E-state index contributed by atoms with van der Waals surface area (Å²) in [5.74, 6) is 1.46. The first-order valence-electron chi connectivity index (χ1n) is 11.1. The number of ether oxygens (including phenoxy) is 3. The van der Waals surface area contributed by atoms with Gasteiger partial charge in [0.15, 0.2) is 16.3 Å². The van der Waals surface area contributed by atoms with E-state index in [1.165, 1.54) is 11.3 Å². The molecule has 0 aliphatic rings. The van der Waals surface area contributed by atoms with Gasteiger partial charge >= 0.3 is 0 Å². The summed E-state index contributed by atoms with van der Waals surface area (Å²) in [7, 11) is 6.52. The SMILES string of the molecule is COc1cccc(C(=O)N=c2sc(C)c(C)n2CC(=O)N(C)CCc2ccc(OC)c(OC)c2)c1. The van der Waals surface area contributed by atoms with E-state index in [4.69, 9.17) is 14.2 Å². The van der Waals surface area contributed by atoms with E-state index in [9.17, 15) is 9.59 Å². The van der Waals surface area contributed by atoms with Crippen LogP contribution in [0.3, 0.4) is 0 Å². The predicted octanol–water partition coefficient (Wildman–Crippen LogP) is 3.63. The van der Waals surface area contributed by atoms with Crippen molar-refractivity contribution >= 4 is 23.2 Å². The zero-order valence-corrected chi connectivity index (χ0v) is 21.8. The molecule has 3 rings (SSSR count). The minimum Gasteiger partial charge on any atom is -0.497 e. The van der Waals surface area contributed by atoms with Crippen molar-refractivity contribution in [2.45, 2.75) is 26.8 Å². The average Bonchev–Trinajstić information content (AvgIpc) is 3.13. The van der Waals surface area contributed by atoms with Crippen molar-refractivity contribution in [3.8, 4) is 17.2 Å². The van der Waals surface area contributed by atoms with Crippen molar-refractivity contribution < 1.29 is 23.8 Å². The summed E-state index contributed by atoms with van der Waals surface area (Å²) < 4.78 is 17.6. The van der Waals surface area contributed by atoms with Crippen molar-refractivity contribution in [3.63, 3.8) is 0 Å². The van der Waals surface area contributed by atoms with Crippen LogP contribution in [0.1, 0.15) is 26.5 Å². The number of aromatic nitrogens is 1. The maximum absolute atomic E-state index is 13.0. The highest BCUT2D eigenvalue weighted by molar-refractivity contribution is 7.09. The van der Waals surface area contributed by atoms with Gasteiger partial charge in [0.1, 0.15) is 12.3 Å². The van der Waals surface area contributed by atoms with E-state index in [0.29, 0.717) is 40.6 Å². The highest BCUT2D eigenvalue weighted by Gasteiger charge is 2.16. The summed E-state index contributed by atoms with van der Waals surface area (Å²) in [6, 6.07) is 12.6. The molecule has 35 heavy (non-hydrogen) atoms. The molecule has 1 aromatic heterocycles. The van der Waals surface area contributed by atoms with E-state index >= 15 is 0 Å². The van der Waals surface area contributed by atoms with E-state index in [1.807, 2.05) is 32.0 Å². The third-order valence-electron chi connectivity index (χ3n) is 5.81. The number of rotatable bonds is 9.